The summed E-state index contributed by atoms with van der Waals surface area (Å²) in [5, 5.41) is 5.09. The fourth-order valence-electron chi connectivity index (χ4n) is 12.5. The Bertz CT molecular complexity index is 3530. The fraction of sp³-hybridized carbons (Fsp3) is 0.125. The first-order chi connectivity index (χ1) is 32.0. The SMILES string of the molecule is CC1(C)c2ccccc2-c2cccc(-c3ccccc3-c3ccc(N(c4ccc5c(c4)C4(CCCC4)c4ccccc4-5)c4ccccc4-c4ccc5c(ccc6ccccc65)c4)cc3)c21. The Morgan fingerprint density at radius 1 is 0.354 bits per heavy atom. The molecule has 1 heteroatoms. The second kappa shape index (κ2) is 14.5. The molecular weight excluding hydrogens is 783 g/mol. The Morgan fingerprint density at radius 2 is 0.908 bits per heavy atom. The summed E-state index contributed by atoms with van der Waals surface area (Å²) in [6.07, 6.45) is 4.93. The lowest BCUT2D eigenvalue weighted by Gasteiger charge is -2.31. The van der Waals surface area contributed by atoms with Crippen LogP contribution in [0.5, 0.6) is 0 Å². The van der Waals surface area contributed by atoms with Gasteiger partial charge in [0, 0.05) is 27.8 Å². The number of hydrogen-bond donors (Lipinski definition) is 0. The van der Waals surface area contributed by atoms with Gasteiger partial charge in [-0.15, -0.1) is 0 Å². The number of benzene rings is 10. The van der Waals surface area contributed by atoms with Crippen LogP contribution in [0.4, 0.5) is 17.1 Å². The summed E-state index contributed by atoms with van der Waals surface area (Å²) < 4.78 is 0. The minimum atomic E-state index is -0.111. The van der Waals surface area contributed by atoms with Gasteiger partial charge in [-0.25, -0.2) is 0 Å². The third-order valence-corrected chi connectivity index (χ3v) is 15.4. The van der Waals surface area contributed by atoms with Gasteiger partial charge in [-0.05, 0) is 143 Å². The van der Waals surface area contributed by atoms with E-state index >= 15 is 0 Å². The van der Waals surface area contributed by atoms with E-state index in [1.807, 2.05) is 0 Å². The van der Waals surface area contributed by atoms with Crippen LogP contribution in [0, 0.1) is 0 Å². The minimum absolute atomic E-state index is 0.0648. The van der Waals surface area contributed by atoms with Crippen LogP contribution in [-0.2, 0) is 10.8 Å². The summed E-state index contributed by atoms with van der Waals surface area (Å²) >= 11 is 0. The van der Waals surface area contributed by atoms with Crippen molar-refractivity contribution in [2.45, 2.75) is 50.4 Å². The van der Waals surface area contributed by atoms with Crippen LogP contribution < -0.4 is 4.90 Å². The highest BCUT2D eigenvalue weighted by Crippen LogP contribution is 2.58. The molecule has 3 aliphatic carbocycles. The van der Waals surface area contributed by atoms with Crippen molar-refractivity contribution < 1.29 is 0 Å². The summed E-state index contributed by atoms with van der Waals surface area (Å²) in [6, 6.07) is 80.0. The predicted octanol–water partition coefficient (Wildman–Crippen LogP) is 17.6. The zero-order valence-corrected chi connectivity index (χ0v) is 37.0. The predicted molar refractivity (Wildman–Crippen MR) is 275 cm³/mol. The van der Waals surface area contributed by atoms with Crippen LogP contribution in [0.1, 0.15) is 61.8 Å². The molecule has 0 radical (unpaired) electrons. The van der Waals surface area contributed by atoms with Crippen LogP contribution in [-0.4, -0.2) is 0 Å². The highest BCUT2D eigenvalue weighted by molar-refractivity contribution is 6.09. The maximum Gasteiger partial charge on any atom is 0.0540 e. The zero-order chi connectivity index (χ0) is 43.3. The van der Waals surface area contributed by atoms with Crippen molar-refractivity contribution in [2.75, 3.05) is 4.90 Å². The Hall–Kier alpha value is -7.48. The smallest absolute Gasteiger partial charge is 0.0540 e. The van der Waals surface area contributed by atoms with Crippen LogP contribution in [0.3, 0.4) is 0 Å². The molecule has 10 aromatic rings. The largest absolute Gasteiger partial charge is 0.310 e. The molecule has 0 amide bonds. The topological polar surface area (TPSA) is 3.24 Å². The Kier molecular flexibility index (Phi) is 8.50. The van der Waals surface area contributed by atoms with E-state index in [0.717, 1.165) is 5.69 Å². The molecular formula is C64H49N. The highest BCUT2D eigenvalue weighted by atomic mass is 15.1. The molecule has 0 aromatic heterocycles. The van der Waals surface area contributed by atoms with E-state index < -0.39 is 0 Å². The van der Waals surface area contributed by atoms with Gasteiger partial charge in [-0.2, -0.15) is 0 Å². The molecule has 310 valence electrons. The zero-order valence-electron chi connectivity index (χ0n) is 37.0. The maximum absolute atomic E-state index is 2.54. The van der Waals surface area contributed by atoms with E-state index in [9.17, 15) is 0 Å². The Morgan fingerprint density at radius 3 is 1.71 bits per heavy atom. The van der Waals surface area contributed by atoms with Crippen molar-refractivity contribution in [1.82, 2.24) is 0 Å². The lowest BCUT2D eigenvalue weighted by Crippen LogP contribution is -2.21. The summed E-state index contributed by atoms with van der Waals surface area (Å²) in [4.78, 5) is 2.52. The molecule has 0 heterocycles. The van der Waals surface area contributed by atoms with E-state index in [0.29, 0.717) is 0 Å². The molecule has 0 unspecified atom stereocenters. The average Bonchev–Trinajstić information content (AvgIpc) is 4.04. The molecule has 0 saturated heterocycles. The van der Waals surface area contributed by atoms with E-state index in [1.54, 1.807) is 0 Å². The molecule has 1 fully saturated rings. The first-order valence-electron chi connectivity index (χ1n) is 23.5. The third-order valence-electron chi connectivity index (χ3n) is 15.4. The van der Waals surface area contributed by atoms with Crippen molar-refractivity contribution in [2.24, 2.45) is 0 Å². The Labute approximate surface area is 382 Å². The molecule has 10 aromatic carbocycles. The van der Waals surface area contributed by atoms with Gasteiger partial charge in [0.15, 0.2) is 0 Å². The van der Waals surface area contributed by atoms with Gasteiger partial charge in [0.05, 0.1) is 5.69 Å². The van der Waals surface area contributed by atoms with Gasteiger partial charge in [0.2, 0.25) is 0 Å². The monoisotopic (exact) mass is 831 g/mol. The molecule has 3 aliphatic rings. The van der Waals surface area contributed by atoms with Gasteiger partial charge in [0.25, 0.3) is 0 Å². The number of anilines is 3. The molecule has 65 heavy (non-hydrogen) atoms. The number of para-hydroxylation sites is 1. The van der Waals surface area contributed by atoms with Crippen LogP contribution in [0.25, 0.3) is 77.2 Å². The van der Waals surface area contributed by atoms with Crippen molar-refractivity contribution in [3.8, 4) is 55.6 Å². The lowest BCUT2D eigenvalue weighted by atomic mass is 9.76. The van der Waals surface area contributed by atoms with E-state index in [1.165, 1.54) is 136 Å². The molecule has 1 saturated carbocycles. The number of nitrogens with zero attached hydrogens (tertiary/aromatic N) is 1. The summed E-state index contributed by atoms with van der Waals surface area (Å²) in [5.41, 5.74) is 22.2. The molecule has 0 atom stereocenters. The van der Waals surface area contributed by atoms with Gasteiger partial charge < -0.3 is 4.90 Å². The van der Waals surface area contributed by atoms with Crippen molar-refractivity contribution in [3.05, 3.63) is 235 Å². The van der Waals surface area contributed by atoms with Crippen molar-refractivity contribution in [3.63, 3.8) is 0 Å². The van der Waals surface area contributed by atoms with Gasteiger partial charge in [-0.3, -0.25) is 0 Å². The third kappa shape index (κ3) is 5.71. The quantitative estimate of drug-likeness (QED) is 0.151. The Balaban J connectivity index is 0.966. The molecule has 0 aliphatic heterocycles. The van der Waals surface area contributed by atoms with E-state index in [4.69, 9.17) is 0 Å². The van der Waals surface area contributed by atoms with Crippen molar-refractivity contribution in [1.29, 1.82) is 0 Å². The van der Waals surface area contributed by atoms with Gasteiger partial charge in [0.1, 0.15) is 0 Å². The second-order valence-electron chi connectivity index (χ2n) is 19.1. The van der Waals surface area contributed by atoms with Crippen LogP contribution >= 0.6 is 0 Å². The van der Waals surface area contributed by atoms with E-state index in [2.05, 4.69) is 231 Å². The normalized spacial score (nSPS) is 14.9. The fourth-order valence-corrected chi connectivity index (χ4v) is 12.5. The first kappa shape index (κ1) is 38.0. The molecule has 0 bridgehead atoms. The van der Waals surface area contributed by atoms with E-state index in [-0.39, 0.29) is 10.8 Å². The summed E-state index contributed by atoms with van der Waals surface area (Å²) in [5.74, 6) is 0. The van der Waals surface area contributed by atoms with Crippen LogP contribution in [0.15, 0.2) is 212 Å². The molecule has 1 spiro atoms. The molecule has 13 rings (SSSR count). The number of hydrogen-bond acceptors (Lipinski definition) is 1. The second-order valence-corrected chi connectivity index (χ2v) is 19.1. The minimum Gasteiger partial charge on any atom is -0.310 e. The van der Waals surface area contributed by atoms with Crippen LogP contribution in [0.2, 0.25) is 0 Å². The average molecular weight is 832 g/mol. The summed E-state index contributed by atoms with van der Waals surface area (Å²) in [7, 11) is 0. The molecule has 1 nitrogen and oxygen atoms in total. The maximum atomic E-state index is 2.54. The number of fused-ring (bicyclic) bond motifs is 11. The standard InChI is InChI=1S/C64H49N/c1-63(2)58-25-10-7-22-54(58)57-24-15-23-56(62(57)63)52-20-6-5-18-49(52)43-30-33-46(34-31-43)65(47-35-37-55-53-21-8-11-26-59(53)64(60(55)41-47)38-13-14-39-64)61-27-12-9-19-51(61)45-32-36-50-44(40-45)29-28-42-16-3-4-17-48(42)50/h3-12,15-37,40-41H,13-14,38-39H2,1-2H3. The number of rotatable bonds is 6. The lowest BCUT2D eigenvalue weighted by molar-refractivity contribution is 0.550. The first-order valence-corrected chi connectivity index (χ1v) is 23.5. The summed E-state index contributed by atoms with van der Waals surface area (Å²) in [6.45, 7) is 4.77. The van der Waals surface area contributed by atoms with Gasteiger partial charge >= 0.3 is 0 Å². The highest BCUT2D eigenvalue weighted by Gasteiger charge is 2.45. The molecule has 0 N–H and O–H groups in total. The van der Waals surface area contributed by atoms with Gasteiger partial charge in [-0.1, -0.05) is 203 Å². The van der Waals surface area contributed by atoms with Crippen molar-refractivity contribution >= 4 is 38.6 Å².